The summed E-state index contributed by atoms with van der Waals surface area (Å²) >= 11 is 0. The summed E-state index contributed by atoms with van der Waals surface area (Å²) in [7, 11) is 0. The van der Waals surface area contributed by atoms with Gasteiger partial charge in [-0.25, -0.2) is 0 Å². The van der Waals surface area contributed by atoms with Gasteiger partial charge in [0, 0.05) is 19.5 Å². The Balaban J connectivity index is 2.07. The highest BCUT2D eigenvalue weighted by Crippen LogP contribution is 2.13. The van der Waals surface area contributed by atoms with Crippen LogP contribution in [-0.4, -0.2) is 41.0 Å². The number of rotatable bonds is 9. The summed E-state index contributed by atoms with van der Waals surface area (Å²) in [5, 5.41) is 11.5. The molecular weight excluding hydrogens is 328 g/mol. The lowest BCUT2D eigenvalue weighted by atomic mass is 10.1. The van der Waals surface area contributed by atoms with Crippen molar-refractivity contribution >= 4 is 11.8 Å². The van der Waals surface area contributed by atoms with E-state index in [-0.39, 0.29) is 25.0 Å². The lowest BCUT2D eigenvalue weighted by Gasteiger charge is -2.29. The van der Waals surface area contributed by atoms with Gasteiger partial charge in [0.1, 0.15) is 6.04 Å². The van der Waals surface area contributed by atoms with Crippen LogP contribution in [0.15, 0.2) is 60.7 Å². The van der Waals surface area contributed by atoms with Gasteiger partial charge in [-0.1, -0.05) is 60.7 Å². The normalized spacial score (nSPS) is 11.6. The Bertz CT molecular complexity index is 689. The van der Waals surface area contributed by atoms with Crippen LogP contribution in [0.4, 0.5) is 0 Å². The Morgan fingerprint density at radius 3 is 2.15 bits per heavy atom. The lowest BCUT2D eigenvalue weighted by molar-refractivity contribution is -0.140. The molecule has 2 N–H and O–H groups in total. The molecule has 2 aromatic carbocycles. The Labute approximate surface area is 154 Å². The van der Waals surface area contributed by atoms with E-state index in [9.17, 15) is 9.59 Å². The summed E-state index contributed by atoms with van der Waals surface area (Å²) in [5.74, 6) is -0.326. The van der Waals surface area contributed by atoms with Gasteiger partial charge in [-0.2, -0.15) is 0 Å². The number of aliphatic hydroxyl groups excluding tert-OH is 1. The fraction of sp³-hybridized carbons (Fsp3) is 0.333. The zero-order valence-corrected chi connectivity index (χ0v) is 15.1. The predicted octanol–water partition coefficient (Wildman–Crippen LogP) is 2.14. The highest BCUT2D eigenvalue weighted by Gasteiger charge is 2.25. The molecule has 2 amide bonds. The fourth-order valence-electron chi connectivity index (χ4n) is 2.73. The standard InChI is InChI=1S/C21H26N2O3/c1-17(21(26)22-14-15-24)23(16-19-10-6-3-7-11-19)20(25)13-12-18-8-4-2-5-9-18/h2-11,17,24H,12-16H2,1H3,(H,22,26)/t17-/m0/s1. The van der Waals surface area contributed by atoms with E-state index in [4.69, 9.17) is 5.11 Å². The molecule has 0 spiro atoms. The number of aryl methyl sites for hydroxylation is 1. The van der Waals surface area contributed by atoms with Crippen LogP contribution in [0.3, 0.4) is 0 Å². The zero-order valence-electron chi connectivity index (χ0n) is 15.1. The van der Waals surface area contributed by atoms with Crippen LogP contribution in [0.5, 0.6) is 0 Å². The van der Waals surface area contributed by atoms with Crippen molar-refractivity contribution in [3.05, 3.63) is 71.8 Å². The Kier molecular flexibility index (Phi) is 7.83. The van der Waals surface area contributed by atoms with E-state index in [1.54, 1.807) is 11.8 Å². The van der Waals surface area contributed by atoms with E-state index in [2.05, 4.69) is 5.32 Å². The molecular formula is C21H26N2O3. The van der Waals surface area contributed by atoms with Crippen LogP contribution < -0.4 is 5.32 Å². The number of benzene rings is 2. The van der Waals surface area contributed by atoms with Gasteiger partial charge in [0.25, 0.3) is 0 Å². The first-order chi connectivity index (χ1) is 12.6. The summed E-state index contributed by atoms with van der Waals surface area (Å²) < 4.78 is 0. The Morgan fingerprint density at radius 2 is 1.58 bits per heavy atom. The largest absolute Gasteiger partial charge is 0.395 e. The number of nitrogens with zero attached hydrogens (tertiary/aromatic N) is 1. The van der Waals surface area contributed by atoms with Gasteiger partial charge in [0.15, 0.2) is 0 Å². The number of aliphatic hydroxyl groups is 1. The average molecular weight is 354 g/mol. The SMILES string of the molecule is C[C@@H](C(=O)NCCO)N(Cc1ccccc1)C(=O)CCc1ccccc1. The molecule has 5 heteroatoms. The highest BCUT2D eigenvalue weighted by atomic mass is 16.3. The molecule has 0 aliphatic rings. The maximum absolute atomic E-state index is 12.8. The molecule has 0 fully saturated rings. The zero-order chi connectivity index (χ0) is 18.8. The first-order valence-electron chi connectivity index (χ1n) is 8.87. The minimum atomic E-state index is -0.606. The molecule has 0 unspecified atom stereocenters. The quantitative estimate of drug-likeness (QED) is 0.725. The number of carbonyl (C=O) groups excluding carboxylic acids is 2. The second kappa shape index (κ2) is 10.4. The summed E-state index contributed by atoms with van der Waals surface area (Å²) in [5.41, 5.74) is 2.07. The van der Waals surface area contributed by atoms with E-state index in [0.717, 1.165) is 11.1 Å². The van der Waals surface area contributed by atoms with Crippen LogP contribution in [-0.2, 0) is 22.6 Å². The molecule has 0 aliphatic carbocycles. The third kappa shape index (κ3) is 6.01. The molecule has 138 valence electrons. The molecule has 5 nitrogen and oxygen atoms in total. The van der Waals surface area contributed by atoms with Gasteiger partial charge < -0.3 is 15.3 Å². The van der Waals surface area contributed by atoms with Crippen LogP contribution in [0, 0.1) is 0 Å². The maximum atomic E-state index is 12.8. The van der Waals surface area contributed by atoms with Crippen molar-refractivity contribution in [3.8, 4) is 0 Å². The van der Waals surface area contributed by atoms with Crippen LogP contribution >= 0.6 is 0 Å². The minimum absolute atomic E-state index is 0.0654. The van der Waals surface area contributed by atoms with Crippen LogP contribution in [0.2, 0.25) is 0 Å². The van der Waals surface area contributed by atoms with Crippen molar-refractivity contribution in [2.24, 2.45) is 0 Å². The van der Waals surface area contributed by atoms with Crippen LogP contribution in [0.25, 0.3) is 0 Å². The minimum Gasteiger partial charge on any atom is -0.395 e. The molecule has 2 rings (SSSR count). The van der Waals surface area contributed by atoms with E-state index in [1.807, 2.05) is 60.7 Å². The van der Waals surface area contributed by atoms with Gasteiger partial charge >= 0.3 is 0 Å². The predicted molar refractivity (Wildman–Crippen MR) is 101 cm³/mol. The molecule has 0 heterocycles. The highest BCUT2D eigenvalue weighted by molar-refractivity contribution is 5.87. The first-order valence-corrected chi connectivity index (χ1v) is 8.87. The molecule has 0 saturated carbocycles. The smallest absolute Gasteiger partial charge is 0.242 e. The van der Waals surface area contributed by atoms with Gasteiger partial charge in [-0.3, -0.25) is 9.59 Å². The Hall–Kier alpha value is -2.66. The topological polar surface area (TPSA) is 69.6 Å². The van der Waals surface area contributed by atoms with E-state index in [1.165, 1.54) is 0 Å². The summed E-state index contributed by atoms with van der Waals surface area (Å²) in [6.45, 7) is 2.15. The number of nitrogens with one attached hydrogen (secondary N) is 1. The monoisotopic (exact) mass is 354 g/mol. The van der Waals surface area contributed by atoms with Gasteiger partial charge in [0.05, 0.1) is 6.61 Å². The number of amides is 2. The maximum Gasteiger partial charge on any atom is 0.242 e. The van der Waals surface area contributed by atoms with Crippen molar-refractivity contribution in [1.82, 2.24) is 10.2 Å². The number of hydrogen-bond acceptors (Lipinski definition) is 3. The first kappa shape index (κ1) is 19.7. The van der Waals surface area contributed by atoms with Gasteiger partial charge in [-0.15, -0.1) is 0 Å². The Morgan fingerprint density at radius 1 is 1.00 bits per heavy atom. The molecule has 1 atom stereocenters. The molecule has 0 aromatic heterocycles. The second-order valence-corrected chi connectivity index (χ2v) is 6.18. The molecule has 26 heavy (non-hydrogen) atoms. The molecule has 0 saturated heterocycles. The van der Waals surface area contributed by atoms with Crippen molar-refractivity contribution in [1.29, 1.82) is 0 Å². The van der Waals surface area contributed by atoms with Crippen molar-refractivity contribution in [2.75, 3.05) is 13.2 Å². The van der Waals surface area contributed by atoms with Gasteiger partial charge in [-0.05, 0) is 24.5 Å². The summed E-state index contributed by atoms with van der Waals surface area (Å²) in [4.78, 5) is 26.7. The molecule has 0 radical (unpaired) electrons. The van der Waals surface area contributed by atoms with E-state index in [0.29, 0.717) is 19.4 Å². The van der Waals surface area contributed by atoms with E-state index < -0.39 is 6.04 Å². The van der Waals surface area contributed by atoms with Crippen molar-refractivity contribution in [3.63, 3.8) is 0 Å². The third-order valence-electron chi connectivity index (χ3n) is 4.24. The number of carbonyl (C=O) groups is 2. The van der Waals surface area contributed by atoms with Crippen LogP contribution in [0.1, 0.15) is 24.5 Å². The van der Waals surface area contributed by atoms with Crippen molar-refractivity contribution < 1.29 is 14.7 Å². The summed E-state index contributed by atoms with van der Waals surface area (Å²) in [6.07, 6.45) is 0.977. The molecule has 2 aromatic rings. The average Bonchev–Trinajstić information content (AvgIpc) is 2.69. The van der Waals surface area contributed by atoms with E-state index >= 15 is 0 Å². The lowest BCUT2D eigenvalue weighted by Crippen LogP contribution is -2.48. The number of hydrogen-bond donors (Lipinski definition) is 2. The molecule has 0 aliphatic heterocycles. The summed E-state index contributed by atoms with van der Waals surface area (Å²) in [6, 6.07) is 18.9. The fourth-order valence-corrected chi connectivity index (χ4v) is 2.73. The third-order valence-corrected chi connectivity index (χ3v) is 4.24. The van der Waals surface area contributed by atoms with Gasteiger partial charge in [0.2, 0.25) is 11.8 Å². The second-order valence-electron chi connectivity index (χ2n) is 6.18. The van der Waals surface area contributed by atoms with Crippen molar-refractivity contribution in [2.45, 2.75) is 32.4 Å². The molecule has 0 bridgehead atoms.